The van der Waals surface area contributed by atoms with Crippen molar-refractivity contribution in [3.8, 4) is 0 Å². The molecule has 3 heterocycles. The highest BCUT2D eigenvalue weighted by Gasteiger charge is 2.25. The Balaban J connectivity index is 1.44. The highest BCUT2D eigenvalue weighted by Crippen LogP contribution is 2.20. The molecule has 1 aliphatic rings. The van der Waals surface area contributed by atoms with Gasteiger partial charge in [0.25, 0.3) is 0 Å². The molecule has 3 rings (SSSR count). The van der Waals surface area contributed by atoms with Gasteiger partial charge in [-0.25, -0.2) is 4.98 Å². The summed E-state index contributed by atoms with van der Waals surface area (Å²) < 4.78 is 0. The summed E-state index contributed by atoms with van der Waals surface area (Å²) >= 11 is 1.82. The van der Waals surface area contributed by atoms with Gasteiger partial charge in [0, 0.05) is 23.0 Å². The molecule has 1 N–H and O–H groups in total. The average Bonchev–Trinajstić information content (AvgIpc) is 3.07. The van der Waals surface area contributed by atoms with E-state index in [4.69, 9.17) is 0 Å². The van der Waals surface area contributed by atoms with E-state index in [-0.39, 0.29) is 11.8 Å². The van der Waals surface area contributed by atoms with Crippen LogP contribution in [0.3, 0.4) is 0 Å². The third-order valence-corrected chi connectivity index (χ3v) is 5.29. The van der Waals surface area contributed by atoms with E-state index < -0.39 is 0 Å². The fourth-order valence-corrected chi connectivity index (χ4v) is 3.68. The molecule has 1 amide bonds. The molecule has 2 aromatic rings. The number of aromatic nitrogens is 1. The molecule has 1 saturated heterocycles. The first-order valence-electron chi connectivity index (χ1n) is 8.20. The van der Waals surface area contributed by atoms with Crippen LogP contribution in [0.2, 0.25) is 0 Å². The number of carbonyl (C=O) groups excluding carboxylic acids is 1. The van der Waals surface area contributed by atoms with E-state index in [2.05, 4.69) is 32.7 Å². The van der Waals surface area contributed by atoms with E-state index in [1.54, 1.807) is 0 Å². The van der Waals surface area contributed by atoms with Gasteiger partial charge in [-0.15, -0.1) is 11.3 Å². The number of aryl methyl sites for hydroxylation is 1. The Morgan fingerprint density at radius 2 is 2.13 bits per heavy atom. The van der Waals surface area contributed by atoms with Crippen LogP contribution in [-0.2, 0) is 11.2 Å². The second kappa shape index (κ2) is 7.70. The molecule has 0 bridgehead atoms. The molecule has 0 saturated carbocycles. The van der Waals surface area contributed by atoms with Gasteiger partial charge in [0.1, 0.15) is 5.82 Å². The number of nitrogens with zero attached hydrogens (tertiary/aromatic N) is 2. The second-order valence-corrected chi connectivity index (χ2v) is 7.13. The average molecular weight is 329 g/mol. The van der Waals surface area contributed by atoms with Crippen molar-refractivity contribution in [2.75, 3.05) is 25.0 Å². The van der Waals surface area contributed by atoms with E-state index in [0.29, 0.717) is 5.82 Å². The Hall–Kier alpha value is -1.72. The lowest BCUT2D eigenvalue weighted by molar-refractivity contribution is -0.121. The Bertz CT molecular complexity index is 633. The summed E-state index contributed by atoms with van der Waals surface area (Å²) in [5.74, 6) is 0.881. The van der Waals surface area contributed by atoms with Crippen LogP contribution in [0.25, 0.3) is 0 Å². The summed E-state index contributed by atoms with van der Waals surface area (Å²) in [6, 6.07) is 10.0. The molecule has 0 radical (unpaired) electrons. The molecule has 0 aromatic carbocycles. The number of thiophene rings is 1. The minimum Gasteiger partial charge on any atom is -0.310 e. The molecule has 4 nitrogen and oxygen atoms in total. The fourth-order valence-electron chi connectivity index (χ4n) is 2.98. The zero-order valence-corrected chi connectivity index (χ0v) is 14.3. The third-order valence-electron chi connectivity index (χ3n) is 4.35. The number of rotatable bonds is 5. The highest BCUT2D eigenvalue weighted by atomic mass is 32.1. The van der Waals surface area contributed by atoms with Gasteiger partial charge in [-0.1, -0.05) is 12.1 Å². The standard InChI is InChI=1S/C18H23N3OS/c1-14-4-2-6-17(19-14)20-18(22)15-7-10-21(11-8-15)12-9-16-5-3-13-23-16/h2-6,13,15H,7-12H2,1H3,(H,19,20,22). The van der Waals surface area contributed by atoms with Gasteiger partial charge in [0.05, 0.1) is 0 Å². The van der Waals surface area contributed by atoms with Crippen molar-refractivity contribution in [3.63, 3.8) is 0 Å². The molecule has 0 spiro atoms. The number of carbonyl (C=O) groups is 1. The SMILES string of the molecule is Cc1cccc(NC(=O)C2CCN(CCc3cccs3)CC2)n1. The fraction of sp³-hybridized carbons (Fsp3) is 0.444. The van der Waals surface area contributed by atoms with Gasteiger partial charge >= 0.3 is 0 Å². The minimum absolute atomic E-state index is 0.107. The summed E-state index contributed by atoms with van der Waals surface area (Å²) in [5, 5.41) is 5.08. The zero-order valence-electron chi connectivity index (χ0n) is 13.5. The van der Waals surface area contributed by atoms with Crippen LogP contribution in [0.15, 0.2) is 35.7 Å². The molecule has 0 unspecified atom stereocenters. The number of pyridine rings is 1. The largest absolute Gasteiger partial charge is 0.310 e. The van der Waals surface area contributed by atoms with Gasteiger partial charge in [-0.05, 0) is 62.9 Å². The lowest BCUT2D eigenvalue weighted by atomic mass is 9.96. The molecule has 1 fully saturated rings. The van der Waals surface area contributed by atoms with Gasteiger partial charge in [0.2, 0.25) is 5.91 Å². The summed E-state index contributed by atoms with van der Waals surface area (Å²) in [5.41, 5.74) is 0.922. The van der Waals surface area contributed by atoms with E-state index in [9.17, 15) is 4.79 Å². The van der Waals surface area contributed by atoms with Crippen molar-refractivity contribution in [1.82, 2.24) is 9.88 Å². The van der Waals surface area contributed by atoms with Crippen LogP contribution < -0.4 is 5.32 Å². The van der Waals surface area contributed by atoms with Gasteiger partial charge < -0.3 is 10.2 Å². The van der Waals surface area contributed by atoms with E-state index in [1.165, 1.54) is 4.88 Å². The van der Waals surface area contributed by atoms with E-state index in [0.717, 1.165) is 44.6 Å². The van der Waals surface area contributed by atoms with Crippen LogP contribution in [0.1, 0.15) is 23.4 Å². The first kappa shape index (κ1) is 16.1. The normalized spacial score (nSPS) is 16.4. The molecular formula is C18H23N3OS. The Morgan fingerprint density at radius 1 is 1.30 bits per heavy atom. The molecule has 5 heteroatoms. The van der Waals surface area contributed by atoms with Gasteiger partial charge in [-0.3, -0.25) is 4.79 Å². The summed E-state index contributed by atoms with van der Waals surface area (Å²) in [7, 11) is 0. The first-order valence-corrected chi connectivity index (χ1v) is 9.08. The molecule has 0 atom stereocenters. The summed E-state index contributed by atoms with van der Waals surface area (Å²) in [4.78, 5) is 20.6. The molecule has 0 aliphatic carbocycles. The Labute approximate surface area is 141 Å². The summed E-state index contributed by atoms with van der Waals surface area (Å²) in [6.45, 7) is 5.03. The number of likely N-dealkylation sites (tertiary alicyclic amines) is 1. The Morgan fingerprint density at radius 3 is 2.83 bits per heavy atom. The molecule has 2 aromatic heterocycles. The topological polar surface area (TPSA) is 45.2 Å². The molecule has 23 heavy (non-hydrogen) atoms. The third kappa shape index (κ3) is 4.62. The maximum absolute atomic E-state index is 12.4. The van der Waals surface area contributed by atoms with Crippen molar-refractivity contribution >= 4 is 23.1 Å². The predicted octanol–water partition coefficient (Wildman–Crippen LogP) is 3.34. The number of nitrogens with one attached hydrogen (secondary N) is 1. The lowest BCUT2D eigenvalue weighted by Gasteiger charge is -2.31. The number of hydrogen-bond donors (Lipinski definition) is 1. The van der Waals surface area contributed by atoms with Crippen LogP contribution in [-0.4, -0.2) is 35.4 Å². The van der Waals surface area contributed by atoms with Crippen LogP contribution in [0.5, 0.6) is 0 Å². The van der Waals surface area contributed by atoms with Crippen molar-refractivity contribution in [1.29, 1.82) is 0 Å². The minimum atomic E-state index is 0.107. The highest BCUT2D eigenvalue weighted by molar-refractivity contribution is 7.09. The Kier molecular flexibility index (Phi) is 5.41. The number of anilines is 1. The van der Waals surface area contributed by atoms with E-state index in [1.807, 2.05) is 36.5 Å². The maximum Gasteiger partial charge on any atom is 0.228 e. The van der Waals surface area contributed by atoms with Crippen molar-refractivity contribution in [3.05, 3.63) is 46.3 Å². The molecule has 122 valence electrons. The predicted molar refractivity (Wildman–Crippen MR) is 94.8 cm³/mol. The van der Waals surface area contributed by atoms with Crippen LogP contribution >= 0.6 is 11.3 Å². The van der Waals surface area contributed by atoms with Crippen LogP contribution in [0.4, 0.5) is 5.82 Å². The van der Waals surface area contributed by atoms with Gasteiger partial charge in [0.15, 0.2) is 0 Å². The zero-order chi connectivity index (χ0) is 16.1. The first-order chi connectivity index (χ1) is 11.2. The van der Waals surface area contributed by atoms with Crippen LogP contribution in [0, 0.1) is 12.8 Å². The van der Waals surface area contributed by atoms with Crippen molar-refractivity contribution < 1.29 is 4.79 Å². The quantitative estimate of drug-likeness (QED) is 0.915. The van der Waals surface area contributed by atoms with Gasteiger partial charge in [-0.2, -0.15) is 0 Å². The van der Waals surface area contributed by atoms with E-state index >= 15 is 0 Å². The number of piperidine rings is 1. The second-order valence-electron chi connectivity index (χ2n) is 6.10. The molecule has 1 aliphatic heterocycles. The smallest absolute Gasteiger partial charge is 0.228 e. The lowest BCUT2D eigenvalue weighted by Crippen LogP contribution is -2.39. The summed E-state index contributed by atoms with van der Waals surface area (Å²) in [6.07, 6.45) is 2.98. The monoisotopic (exact) mass is 329 g/mol. The number of amides is 1. The van der Waals surface area contributed by atoms with Crippen molar-refractivity contribution in [2.45, 2.75) is 26.2 Å². The number of hydrogen-bond acceptors (Lipinski definition) is 4. The molecular weight excluding hydrogens is 306 g/mol. The van der Waals surface area contributed by atoms with Crippen molar-refractivity contribution in [2.24, 2.45) is 5.92 Å². The maximum atomic E-state index is 12.4.